The zero-order valence-corrected chi connectivity index (χ0v) is 11.3. The van der Waals surface area contributed by atoms with E-state index in [0.717, 1.165) is 10.4 Å². The molecular weight excluding hydrogens is 270 g/mol. The second-order valence-electron chi connectivity index (χ2n) is 3.85. The molecule has 1 aromatic heterocycles. The highest BCUT2D eigenvalue weighted by Gasteiger charge is 2.09. The summed E-state index contributed by atoms with van der Waals surface area (Å²) < 4.78 is 5.86. The number of rotatable bonds is 3. The van der Waals surface area contributed by atoms with Crippen molar-refractivity contribution in [1.29, 1.82) is 0 Å². The molecule has 1 aromatic carbocycles. The summed E-state index contributed by atoms with van der Waals surface area (Å²) in [5, 5.41) is 0. The SMILES string of the molecule is Cc1ccc(C(=O)OCc2ccc(Cl)s2)cc1N. The zero-order valence-electron chi connectivity index (χ0n) is 9.77. The van der Waals surface area contributed by atoms with Crippen LogP contribution in [0.3, 0.4) is 0 Å². The van der Waals surface area contributed by atoms with Crippen LogP contribution in [-0.2, 0) is 11.3 Å². The number of nitrogens with two attached hydrogens (primary N) is 1. The van der Waals surface area contributed by atoms with E-state index in [1.165, 1.54) is 11.3 Å². The number of ether oxygens (including phenoxy) is 1. The van der Waals surface area contributed by atoms with Gasteiger partial charge < -0.3 is 10.5 Å². The van der Waals surface area contributed by atoms with Crippen LogP contribution in [0.4, 0.5) is 5.69 Å². The fourth-order valence-corrected chi connectivity index (χ4v) is 2.42. The van der Waals surface area contributed by atoms with Gasteiger partial charge in [-0.1, -0.05) is 17.7 Å². The molecule has 94 valence electrons. The number of esters is 1. The predicted octanol–water partition coefficient (Wildman–Crippen LogP) is 3.65. The molecule has 0 atom stereocenters. The van der Waals surface area contributed by atoms with Gasteiger partial charge >= 0.3 is 5.97 Å². The zero-order chi connectivity index (χ0) is 13.1. The van der Waals surface area contributed by atoms with E-state index in [1.807, 2.05) is 13.0 Å². The summed E-state index contributed by atoms with van der Waals surface area (Å²) in [5.41, 5.74) is 7.73. The third-order valence-corrected chi connectivity index (χ3v) is 3.69. The molecule has 0 bridgehead atoms. The fourth-order valence-electron chi connectivity index (χ4n) is 1.42. The lowest BCUT2D eigenvalue weighted by Gasteiger charge is -2.05. The third-order valence-electron chi connectivity index (χ3n) is 2.49. The summed E-state index contributed by atoms with van der Waals surface area (Å²) in [6.45, 7) is 2.11. The third kappa shape index (κ3) is 3.03. The molecular formula is C13H12ClNO2S. The lowest BCUT2D eigenvalue weighted by atomic mass is 10.1. The molecule has 0 aliphatic rings. The van der Waals surface area contributed by atoms with Gasteiger partial charge in [-0.3, -0.25) is 0 Å². The number of thiophene rings is 1. The van der Waals surface area contributed by atoms with Crippen LogP contribution in [0.2, 0.25) is 4.34 Å². The number of halogens is 1. The first-order valence-electron chi connectivity index (χ1n) is 5.34. The summed E-state index contributed by atoms with van der Waals surface area (Å²) in [6, 6.07) is 8.74. The molecule has 0 saturated heterocycles. The van der Waals surface area contributed by atoms with E-state index in [1.54, 1.807) is 24.3 Å². The maximum atomic E-state index is 11.8. The highest BCUT2D eigenvalue weighted by atomic mass is 35.5. The van der Waals surface area contributed by atoms with Gasteiger partial charge in [-0.15, -0.1) is 11.3 Å². The second kappa shape index (κ2) is 5.42. The summed E-state index contributed by atoms with van der Waals surface area (Å²) in [4.78, 5) is 12.7. The Balaban J connectivity index is 2.01. The van der Waals surface area contributed by atoms with Gasteiger partial charge in [0.15, 0.2) is 0 Å². The first-order chi connectivity index (χ1) is 8.56. The normalized spacial score (nSPS) is 10.3. The molecule has 0 fully saturated rings. The van der Waals surface area contributed by atoms with Gasteiger partial charge in [0, 0.05) is 10.6 Å². The van der Waals surface area contributed by atoms with E-state index in [-0.39, 0.29) is 12.6 Å². The molecule has 2 N–H and O–H groups in total. The van der Waals surface area contributed by atoms with Gasteiger partial charge in [-0.25, -0.2) is 4.79 Å². The molecule has 2 rings (SSSR count). The number of benzene rings is 1. The Morgan fingerprint density at radius 2 is 2.17 bits per heavy atom. The van der Waals surface area contributed by atoms with Crippen molar-refractivity contribution >= 4 is 34.6 Å². The first kappa shape index (κ1) is 12.9. The van der Waals surface area contributed by atoms with E-state index in [9.17, 15) is 4.79 Å². The summed E-state index contributed by atoms with van der Waals surface area (Å²) in [5.74, 6) is -0.383. The standard InChI is InChI=1S/C13H12ClNO2S/c1-8-2-3-9(6-11(8)15)13(16)17-7-10-4-5-12(14)18-10/h2-6H,7,15H2,1H3. The van der Waals surface area contributed by atoms with Gasteiger partial charge in [0.2, 0.25) is 0 Å². The molecule has 0 unspecified atom stereocenters. The van der Waals surface area contributed by atoms with E-state index in [0.29, 0.717) is 15.6 Å². The van der Waals surface area contributed by atoms with E-state index >= 15 is 0 Å². The Hall–Kier alpha value is -1.52. The quantitative estimate of drug-likeness (QED) is 0.690. The lowest BCUT2D eigenvalue weighted by Crippen LogP contribution is -2.05. The van der Waals surface area contributed by atoms with Crippen molar-refractivity contribution in [3.05, 3.63) is 50.7 Å². The van der Waals surface area contributed by atoms with Gasteiger partial charge in [0.25, 0.3) is 0 Å². The molecule has 2 aromatic rings. The van der Waals surface area contributed by atoms with Crippen molar-refractivity contribution in [3.63, 3.8) is 0 Å². The fraction of sp³-hybridized carbons (Fsp3) is 0.154. The largest absolute Gasteiger partial charge is 0.456 e. The van der Waals surface area contributed by atoms with E-state index in [2.05, 4.69) is 0 Å². The molecule has 1 heterocycles. The summed E-state index contributed by atoms with van der Waals surface area (Å²) in [6.07, 6.45) is 0. The average Bonchev–Trinajstić information content (AvgIpc) is 2.75. The van der Waals surface area contributed by atoms with Crippen molar-refractivity contribution in [1.82, 2.24) is 0 Å². The van der Waals surface area contributed by atoms with Crippen molar-refractivity contribution in [2.75, 3.05) is 5.73 Å². The molecule has 0 saturated carbocycles. The van der Waals surface area contributed by atoms with Crippen LogP contribution < -0.4 is 5.73 Å². The van der Waals surface area contributed by atoms with Crippen molar-refractivity contribution in [3.8, 4) is 0 Å². The highest BCUT2D eigenvalue weighted by Crippen LogP contribution is 2.22. The minimum atomic E-state index is -0.383. The maximum absolute atomic E-state index is 11.8. The van der Waals surface area contributed by atoms with Crippen LogP contribution in [0.1, 0.15) is 20.8 Å². The van der Waals surface area contributed by atoms with Crippen molar-refractivity contribution in [2.24, 2.45) is 0 Å². The predicted molar refractivity (Wildman–Crippen MR) is 74.0 cm³/mol. The molecule has 3 nitrogen and oxygen atoms in total. The molecule has 0 aliphatic heterocycles. The van der Waals surface area contributed by atoms with Gasteiger partial charge in [0.05, 0.1) is 9.90 Å². The second-order valence-corrected chi connectivity index (χ2v) is 5.65. The highest BCUT2D eigenvalue weighted by molar-refractivity contribution is 7.16. The number of anilines is 1. The maximum Gasteiger partial charge on any atom is 0.338 e. The molecule has 0 aliphatic carbocycles. The van der Waals surface area contributed by atoms with E-state index < -0.39 is 0 Å². The van der Waals surface area contributed by atoms with Gasteiger partial charge in [-0.05, 0) is 36.8 Å². The number of carbonyl (C=O) groups excluding carboxylic acids is 1. The Labute approximate surface area is 114 Å². The van der Waals surface area contributed by atoms with Crippen LogP contribution in [0.15, 0.2) is 30.3 Å². The lowest BCUT2D eigenvalue weighted by molar-refractivity contribution is 0.0477. The number of carbonyl (C=O) groups is 1. The Morgan fingerprint density at radius 3 is 2.78 bits per heavy atom. The Kier molecular flexibility index (Phi) is 3.89. The minimum Gasteiger partial charge on any atom is -0.456 e. The van der Waals surface area contributed by atoms with Gasteiger partial charge in [0.1, 0.15) is 6.61 Å². The van der Waals surface area contributed by atoms with Crippen molar-refractivity contribution < 1.29 is 9.53 Å². The van der Waals surface area contributed by atoms with E-state index in [4.69, 9.17) is 22.1 Å². The van der Waals surface area contributed by atoms with Crippen LogP contribution in [0, 0.1) is 6.92 Å². The smallest absolute Gasteiger partial charge is 0.338 e. The summed E-state index contributed by atoms with van der Waals surface area (Å²) in [7, 11) is 0. The van der Waals surface area contributed by atoms with Crippen LogP contribution in [0.5, 0.6) is 0 Å². The number of hydrogen-bond acceptors (Lipinski definition) is 4. The monoisotopic (exact) mass is 281 g/mol. The molecule has 18 heavy (non-hydrogen) atoms. The van der Waals surface area contributed by atoms with Crippen LogP contribution >= 0.6 is 22.9 Å². The average molecular weight is 282 g/mol. The Morgan fingerprint density at radius 1 is 1.39 bits per heavy atom. The molecule has 5 heteroatoms. The number of nitrogen functional groups attached to an aromatic ring is 1. The molecule has 0 amide bonds. The summed E-state index contributed by atoms with van der Waals surface area (Å²) >= 11 is 7.19. The topological polar surface area (TPSA) is 52.3 Å². The van der Waals surface area contributed by atoms with Crippen LogP contribution in [0.25, 0.3) is 0 Å². The number of aryl methyl sites for hydroxylation is 1. The number of hydrogen-bond donors (Lipinski definition) is 1. The van der Waals surface area contributed by atoms with Gasteiger partial charge in [-0.2, -0.15) is 0 Å². The first-order valence-corrected chi connectivity index (χ1v) is 6.53. The minimum absolute atomic E-state index is 0.226. The van der Waals surface area contributed by atoms with Crippen molar-refractivity contribution in [2.45, 2.75) is 13.5 Å². The Bertz CT molecular complexity index is 580. The van der Waals surface area contributed by atoms with Crippen LogP contribution in [-0.4, -0.2) is 5.97 Å². The molecule has 0 spiro atoms. The molecule has 0 radical (unpaired) electrons.